The highest BCUT2D eigenvalue weighted by Gasteiger charge is 2.10. The molecule has 0 N–H and O–H groups in total. The molecular formula is C19H25BrN2. The maximum atomic E-state index is 4.66. The van der Waals surface area contributed by atoms with Crippen LogP contribution in [0.2, 0.25) is 0 Å². The molecule has 0 aliphatic rings. The topological polar surface area (TPSA) is 17.8 Å². The highest BCUT2D eigenvalue weighted by molar-refractivity contribution is 9.10. The molecule has 22 heavy (non-hydrogen) atoms. The minimum atomic E-state index is 1.06. The lowest BCUT2D eigenvalue weighted by Crippen LogP contribution is -1.98. The molecule has 0 spiro atoms. The Morgan fingerprint density at radius 1 is 0.909 bits per heavy atom. The second-order valence-electron chi connectivity index (χ2n) is 4.45. The number of aryl methyl sites for hydroxylation is 2. The predicted octanol–water partition coefficient (Wildman–Crippen LogP) is 6.46. The van der Waals surface area contributed by atoms with Gasteiger partial charge in [-0.1, -0.05) is 61.8 Å². The summed E-state index contributed by atoms with van der Waals surface area (Å²) in [5.41, 5.74) is 4.55. The Balaban J connectivity index is 0.000000561. The van der Waals surface area contributed by atoms with Gasteiger partial charge in [-0.2, -0.15) is 5.10 Å². The van der Waals surface area contributed by atoms with Crippen LogP contribution < -0.4 is 0 Å². The Morgan fingerprint density at radius 3 is 2.18 bits per heavy atom. The molecule has 0 saturated heterocycles. The Morgan fingerprint density at radius 2 is 1.55 bits per heavy atom. The molecule has 3 rings (SSSR count). The van der Waals surface area contributed by atoms with E-state index in [0.717, 1.165) is 21.4 Å². The van der Waals surface area contributed by atoms with E-state index >= 15 is 0 Å². The maximum Gasteiger partial charge on any atom is 0.0755 e. The van der Waals surface area contributed by atoms with Gasteiger partial charge in [-0.25, -0.2) is 4.68 Å². The summed E-state index contributed by atoms with van der Waals surface area (Å²) < 4.78 is 3.09. The van der Waals surface area contributed by atoms with Crippen molar-refractivity contribution in [3.05, 3.63) is 58.2 Å². The summed E-state index contributed by atoms with van der Waals surface area (Å²) in [5.74, 6) is 0. The smallest absolute Gasteiger partial charge is 0.0755 e. The zero-order chi connectivity index (χ0) is 16.7. The molecule has 2 aromatic carbocycles. The van der Waals surface area contributed by atoms with Crippen molar-refractivity contribution in [1.82, 2.24) is 9.78 Å². The van der Waals surface area contributed by atoms with E-state index in [2.05, 4.69) is 58.3 Å². The van der Waals surface area contributed by atoms with E-state index in [1.807, 2.05) is 51.4 Å². The zero-order valence-corrected chi connectivity index (χ0v) is 15.9. The Bertz CT molecular complexity index is 729. The fourth-order valence-electron chi connectivity index (χ4n) is 2.23. The SMILES string of the molecule is CC.CC.Cc1ccccc1-n1nc(C)c2ccc(Br)cc21. The fourth-order valence-corrected chi connectivity index (χ4v) is 2.58. The van der Waals surface area contributed by atoms with Crippen molar-refractivity contribution in [2.45, 2.75) is 41.5 Å². The first-order valence-corrected chi connectivity index (χ1v) is 8.67. The molecule has 0 aliphatic carbocycles. The first-order valence-electron chi connectivity index (χ1n) is 7.88. The predicted molar refractivity (Wildman–Crippen MR) is 101 cm³/mol. The van der Waals surface area contributed by atoms with Crippen LogP contribution >= 0.6 is 15.9 Å². The largest absolute Gasteiger partial charge is 0.233 e. The van der Waals surface area contributed by atoms with Gasteiger partial charge >= 0.3 is 0 Å². The van der Waals surface area contributed by atoms with Crippen LogP contribution in [0.3, 0.4) is 0 Å². The quantitative estimate of drug-likeness (QED) is 0.486. The van der Waals surface area contributed by atoms with E-state index < -0.39 is 0 Å². The number of fused-ring (bicyclic) bond motifs is 1. The third-order valence-corrected chi connectivity index (χ3v) is 3.66. The standard InChI is InChI=1S/C15H13BrN2.2C2H6/c1-10-5-3-4-6-14(10)18-15-9-12(16)7-8-13(15)11(2)17-18;2*1-2/h3-9H,1-2H3;2*1-2H3. The molecule has 0 unspecified atom stereocenters. The molecule has 0 radical (unpaired) electrons. The minimum absolute atomic E-state index is 1.06. The molecule has 0 atom stereocenters. The molecule has 3 heteroatoms. The maximum absolute atomic E-state index is 4.66. The molecule has 1 heterocycles. The van der Waals surface area contributed by atoms with Crippen molar-refractivity contribution >= 4 is 26.8 Å². The number of hydrogen-bond acceptors (Lipinski definition) is 1. The van der Waals surface area contributed by atoms with Crippen LogP contribution in [0.4, 0.5) is 0 Å². The van der Waals surface area contributed by atoms with E-state index in [9.17, 15) is 0 Å². The molecule has 1 aromatic heterocycles. The van der Waals surface area contributed by atoms with E-state index in [-0.39, 0.29) is 0 Å². The third kappa shape index (κ3) is 3.77. The Kier molecular flexibility index (Phi) is 7.33. The summed E-state index contributed by atoms with van der Waals surface area (Å²) >= 11 is 3.53. The van der Waals surface area contributed by atoms with E-state index in [4.69, 9.17) is 0 Å². The van der Waals surface area contributed by atoms with Crippen LogP contribution in [0.15, 0.2) is 46.9 Å². The first-order chi connectivity index (χ1) is 10.7. The molecule has 0 saturated carbocycles. The summed E-state index contributed by atoms with van der Waals surface area (Å²) in [6.07, 6.45) is 0. The van der Waals surface area contributed by atoms with Crippen LogP contribution in [0.5, 0.6) is 0 Å². The summed E-state index contributed by atoms with van der Waals surface area (Å²) in [5, 5.41) is 5.85. The monoisotopic (exact) mass is 360 g/mol. The van der Waals surface area contributed by atoms with E-state index in [0.29, 0.717) is 0 Å². The molecule has 118 valence electrons. The highest BCUT2D eigenvalue weighted by Crippen LogP contribution is 2.26. The van der Waals surface area contributed by atoms with Gasteiger partial charge in [0.1, 0.15) is 0 Å². The van der Waals surface area contributed by atoms with E-state index in [1.165, 1.54) is 10.9 Å². The lowest BCUT2D eigenvalue weighted by atomic mass is 10.2. The highest BCUT2D eigenvalue weighted by atomic mass is 79.9. The van der Waals surface area contributed by atoms with Crippen molar-refractivity contribution in [2.75, 3.05) is 0 Å². The van der Waals surface area contributed by atoms with Crippen LogP contribution in [-0.4, -0.2) is 9.78 Å². The van der Waals surface area contributed by atoms with Gasteiger partial charge in [0.2, 0.25) is 0 Å². The molecule has 0 aliphatic heterocycles. The lowest BCUT2D eigenvalue weighted by molar-refractivity contribution is 0.881. The fraction of sp³-hybridized carbons (Fsp3) is 0.316. The van der Waals surface area contributed by atoms with Gasteiger partial charge in [-0.05, 0) is 43.7 Å². The van der Waals surface area contributed by atoms with Crippen LogP contribution in [0.25, 0.3) is 16.6 Å². The molecule has 3 aromatic rings. The summed E-state index contributed by atoms with van der Waals surface area (Å²) in [7, 11) is 0. The van der Waals surface area contributed by atoms with Crippen LogP contribution in [0.1, 0.15) is 39.0 Å². The van der Waals surface area contributed by atoms with Gasteiger partial charge in [0.15, 0.2) is 0 Å². The number of para-hydroxylation sites is 1. The average molecular weight is 361 g/mol. The van der Waals surface area contributed by atoms with Crippen molar-refractivity contribution < 1.29 is 0 Å². The molecule has 2 nitrogen and oxygen atoms in total. The van der Waals surface area contributed by atoms with Gasteiger partial charge in [-0.15, -0.1) is 0 Å². The van der Waals surface area contributed by atoms with Crippen molar-refractivity contribution in [2.24, 2.45) is 0 Å². The van der Waals surface area contributed by atoms with Gasteiger partial charge in [0, 0.05) is 9.86 Å². The molecule has 0 fully saturated rings. The van der Waals surface area contributed by atoms with Gasteiger partial charge in [0.25, 0.3) is 0 Å². The molecule has 0 amide bonds. The number of hydrogen-bond donors (Lipinski definition) is 0. The van der Waals surface area contributed by atoms with Gasteiger partial charge in [0.05, 0.1) is 16.9 Å². The Hall–Kier alpha value is -1.61. The van der Waals surface area contributed by atoms with E-state index in [1.54, 1.807) is 0 Å². The minimum Gasteiger partial charge on any atom is -0.233 e. The average Bonchev–Trinajstić information content (AvgIpc) is 2.88. The summed E-state index contributed by atoms with van der Waals surface area (Å²) in [4.78, 5) is 0. The van der Waals surface area contributed by atoms with Crippen LogP contribution in [-0.2, 0) is 0 Å². The molecular weight excluding hydrogens is 336 g/mol. The Labute approximate surface area is 142 Å². The second-order valence-corrected chi connectivity index (χ2v) is 5.36. The normalized spacial score (nSPS) is 9.59. The van der Waals surface area contributed by atoms with Crippen molar-refractivity contribution in [1.29, 1.82) is 0 Å². The summed E-state index contributed by atoms with van der Waals surface area (Å²) in [6.45, 7) is 12.2. The second kappa shape index (κ2) is 8.74. The third-order valence-electron chi connectivity index (χ3n) is 3.17. The van der Waals surface area contributed by atoms with Gasteiger partial charge in [-0.3, -0.25) is 0 Å². The lowest BCUT2D eigenvalue weighted by Gasteiger charge is -2.06. The number of benzene rings is 2. The number of halogens is 1. The summed E-state index contributed by atoms with van der Waals surface area (Å²) in [6, 6.07) is 14.6. The van der Waals surface area contributed by atoms with Crippen molar-refractivity contribution in [3.8, 4) is 5.69 Å². The number of aromatic nitrogens is 2. The first kappa shape index (κ1) is 18.4. The zero-order valence-electron chi connectivity index (χ0n) is 14.3. The molecule has 0 bridgehead atoms. The van der Waals surface area contributed by atoms with Crippen LogP contribution in [0, 0.1) is 13.8 Å². The van der Waals surface area contributed by atoms with Crippen molar-refractivity contribution in [3.63, 3.8) is 0 Å². The van der Waals surface area contributed by atoms with Gasteiger partial charge < -0.3 is 0 Å². The number of rotatable bonds is 1. The number of nitrogens with zero attached hydrogens (tertiary/aromatic N) is 2.